The maximum Gasteiger partial charge on any atom is 0.0587 e. The summed E-state index contributed by atoms with van der Waals surface area (Å²) < 4.78 is 0. The van der Waals surface area contributed by atoms with Crippen LogP contribution in [0.25, 0.3) is 0 Å². The smallest absolute Gasteiger partial charge is 0.0587 e. The highest BCUT2D eigenvalue weighted by atomic mass is 16.3. The molecule has 0 aromatic heterocycles. The van der Waals surface area contributed by atoms with Gasteiger partial charge >= 0.3 is 0 Å². The fourth-order valence-electron chi connectivity index (χ4n) is 1.66. The van der Waals surface area contributed by atoms with Gasteiger partial charge in [0.25, 0.3) is 0 Å². The molecule has 64 valence electrons. The van der Waals surface area contributed by atoms with E-state index >= 15 is 0 Å². The van der Waals surface area contributed by atoms with Crippen LogP contribution >= 0.6 is 0 Å². The quantitative estimate of drug-likeness (QED) is 0.615. The van der Waals surface area contributed by atoms with Gasteiger partial charge in [-0.2, -0.15) is 0 Å². The van der Waals surface area contributed by atoms with Crippen molar-refractivity contribution in [1.82, 2.24) is 4.90 Å². The molecule has 0 radical (unpaired) electrons. The van der Waals surface area contributed by atoms with Crippen LogP contribution < -0.4 is 0 Å². The zero-order valence-electron chi connectivity index (χ0n) is 7.21. The lowest BCUT2D eigenvalue weighted by Crippen LogP contribution is -2.33. The van der Waals surface area contributed by atoms with Gasteiger partial charge in [-0.3, -0.25) is 4.90 Å². The van der Waals surface area contributed by atoms with Crippen molar-refractivity contribution in [3.8, 4) is 0 Å². The van der Waals surface area contributed by atoms with Gasteiger partial charge in [0.05, 0.1) is 6.61 Å². The molecule has 1 heterocycles. The van der Waals surface area contributed by atoms with Crippen LogP contribution in [0.15, 0.2) is 12.2 Å². The van der Waals surface area contributed by atoms with E-state index in [1.165, 1.54) is 12.0 Å². The van der Waals surface area contributed by atoms with Crippen LogP contribution in [0, 0.1) is 0 Å². The molecule has 1 aliphatic rings. The summed E-state index contributed by atoms with van der Waals surface area (Å²) >= 11 is 0. The van der Waals surface area contributed by atoms with Gasteiger partial charge in [0.15, 0.2) is 0 Å². The van der Waals surface area contributed by atoms with Gasteiger partial charge in [-0.05, 0) is 26.3 Å². The van der Waals surface area contributed by atoms with Gasteiger partial charge in [0.2, 0.25) is 0 Å². The van der Waals surface area contributed by atoms with Crippen molar-refractivity contribution in [1.29, 1.82) is 0 Å². The highest BCUT2D eigenvalue weighted by Crippen LogP contribution is 2.17. The molecule has 1 aliphatic heterocycles. The lowest BCUT2D eigenvalue weighted by molar-refractivity contribution is 0.168. The zero-order chi connectivity index (χ0) is 8.27. The average molecular weight is 155 g/mol. The van der Waals surface area contributed by atoms with Crippen molar-refractivity contribution >= 4 is 0 Å². The Kier molecular flexibility index (Phi) is 3.09. The minimum atomic E-state index is 0.299. The van der Waals surface area contributed by atoms with E-state index in [0.717, 1.165) is 19.5 Å². The summed E-state index contributed by atoms with van der Waals surface area (Å²) in [6.07, 6.45) is 2.36. The molecule has 0 saturated carbocycles. The number of aliphatic hydroxyl groups excluding tert-OH is 1. The monoisotopic (exact) mass is 155 g/mol. The first kappa shape index (κ1) is 8.75. The number of rotatable bonds is 3. The van der Waals surface area contributed by atoms with Crippen molar-refractivity contribution in [2.75, 3.05) is 19.7 Å². The van der Waals surface area contributed by atoms with Gasteiger partial charge < -0.3 is 5.11 Å². The third kappa shape index (κ3) is 2.31. The predicted octanol–water partition coefficient (Wildman–Crippen LogP) is 1.02. The lowest BCUT2D eigenvalue weighted by atomic mass is 10.2. The minimum absolute atomic E-state index is 0.299. The van der Waals surface area contributed by atoms with Crippen molar-refractivity contribution in [3.63, 3.8) is 0 Å². The van der Waals surface area contributed by atoms with E-state index in [1.807, 2.05) is 6.92 Å². The molecule has 0 spiro atoms. The van der Waals surface area contributed by atoms with Gasteiger partial charge in [0, 0.05) is 12.6 Å². The Morgan fingerprint density at radius 2 is 2.45 bits per heavy atom. The molecule has 0 bridgehead atoms. The lowest BCUT2D eigenvalue weighted by Gasteiger charge is -2.22. The second-order valence-corrected chi connectivity index (χ2v) is 3.41. The normalized spacial score (nSPS) is 25.8. The van der Waals surface area contributed by atoms with E-state index in [-0.39, 0.29) is 0 Å². The van der Waals surface area contributed by atoms with E-state index in [2.05, 4.69) is 11.5 Å². The number of nitrogens with zero attached hydrogens (tertiary/aromatic N) is 1. The second kappa shape index (κ2) is 3.88. The zero-order valence-corrected chi connectivity index (χ0v) is 7.21. The standard InChI is InChI=1S/C9H17NO/c1-8(2)6-10-5-3-4-9(10)7-11/h9,11H,1,3-7H2,2H3. The first-order valence-corrected chi connectivity index (χ1v) is 4.23. The molecule has 1 N–H and O–H groups in total. The minimum Gasteiger partial charge on any atom is -0.395 e. The molecule has 0 aliphatic carbocycles. The topological polar surface area (TPSA) is 23.5 Å². The molecule has 0 amide bonds. The fourth-order valence-corrected chi connectivity index (χ4v) is 1.66. The molecular weight excluding hydrogens is 138 g/mol. The average Bonchev–Trinajstić information content (AvgIpc) is 2.34. The third-order valence-corrected chi connectivity index (χ3v) is 2.18. The SMILES string of the molecule is C=C(C)CN1CCCC1CO. The van der Waals surface area contributed by atoms with Crippen LogP contribution in [0.5, 0.6) is 0 Å². The molecule has 2 nitrogen and oxygen atoms in total. The summed E-state index contributed by atoms with van der Waals surface area (Å²) in [5.41, 5.74) is 1.19. The van der Waals surface area contributed by atoms with Crippen LogP contribution in [-0.2, 0) is 0 Å². The molecule has 1 atom stereocenters. The number of hydrogen-bond acceptors (Lipinski definition) is 2. The Morgan fingerprint density at radius 1 is 1.73 bits per heavy atom. The molecule has 2 heteroatoms. The second-order valence-electron chi connectivity index (χ2n) is 3.41. The Morgan fingerprint density at radius 3 is 3.00 bits per heavy atom. The van der Waals surface area contributed by atoms with Crippen molar-refractivity contribution in [2.45, 2.75) is 25.8 Å². The summed E-state index contributed by atoms with van der Waals surface area (Å²) in [6.45, 7) is 8.27. The van der Waals surface area contributed by atoms with Gasteiger partial charge in [-0.25, -0.2) is 0 Å². The van der Waals surface area contributed by atoms with Gasteiger partial charge in [-0.15, -0.1) is 0 Å². The number of aliphatic hydroxyl groups is 1. The highest BCUT2D eigenvalue weighted by Gasteiger charge is 2.22. The largest absolute Gasteiger partial charge is 0.395 e. The molecule has 0 aromatic rings. The first-order chi connectivity index (χ1) is 5.24. The van der Waals surface area contributed by atoms with E-state index in [9.17, 15) is 0 Å². The summed E-state index contributed by atoms with van der Waals surface area (Å²) in [4.78, 5) is 2.31. The van der Waals surface area contributed by atoms with Crippen molar-refractivity contribution < 1.29 is 5.11 Å². The van der Waals surface area contributed by atoms with Crippen LogP contribution in [0.2, 0.25) is 0 Å². The molecule has 1 saturated heterocycles. The Labute approximate surface area is 68.5 Å². The van der Waals surface area contributed by atoms with Crippen LogP contribution in [0.4, 0.5) is 0 Å². The molecule has 1 fully saturated rings. The maximum atomic E-state index is 8.98. The number of likely N-dealkylation sites (tertiary alicyclic amines) is 1. The molecular formula is C9H17NO. The Hall–Kier alpha value is -0.340. The van der Waals surface area contributed by atoms with Crippen LogP contribution in [-0.4, -0.2) is 35.7 Å². The van der Waals surface area contributed by atoms with E-state index in [4.69, 9.17) is 5.11 Å². The van der Waals surface area contributed by atoms with E-state index < -0.39 is 0 Å². The van der Waals surface area contributed by atoms with Crippen molar-refractivity contribution in [3.05, 3.63) is 12.2 Å². The Bertz CT molecular complexity index is 144. The summed E-state index contributed by atoms with van der Waals surface area (Å²) in [6, 6.07) is 0.395. The molecule has 11 heavy (non-hydrogen) atoms. The number of hydrogen-bond donors (Lipinski definition) is 1. The van der Waals surface area contributed by atoms with Crippen LogP contribution in [0.1, 0.15) is 19.8 Å². The summed E-state index contributed by atoms with van der Waals surface area (Å²) in [7, 11) is 0. The molecule has 0 aromatic carbocycles. The predicted molar refractivity (Wildman–Crippen MR) is 46.5 cm³/mol. The first-order valence-electron chi connectivity index (χ1n) is 4.23. The van der Waals surface area contributed by atoms with Gasteiger partial charge in [-0.1, -0.05) is 12.2 Å². The fraction of sp³-hybridized carbons (Fsp3) is 0.778. The van der Waals surface area contributed by atoms with Crippen LogP contribution in [0.3, 0.4) is 0 Å². The summed E-state index contributed by atoms with van der Waals surface area (Å²) in [5, 5.41) is 8.98. The molecule has 1 rings (SSSR count). The van der Waals surface area contributed by atoms with Crippen molar-refractivity contribution in [2.24, 2.45) is 0 Å². The van der Waals surface area contributed by atoms with E-state index in [0.29, 0.717) is 12.6 Å². The Balaban J connectivity index is 2.37. The van der Waals surface area contributed by atoms with Gasteiger partial charge in [0.1, 0.15) is 0 Å². The van der Waals surface area contributed by atoms with E-state index in [1.54, 1.807) is 0 Å². The molecule has 1 unspecified atom stereocenters. The highest BCUT2D eigenvalue weighted by molar-refractivity contribution is 4.95. The maximum absolute atomic E-state index is 8.98. The third-order valence-electron chi connectivity index (χ3n) is 2.18. The summed E-state index contributed by atoms with van der Waals surface area (Å²) in [5.74, 6) is 0.